The van der Waals surface area contributed by atoms with Gasteiger partial charge in [0.2, 0.25) is 0 Å². The molecular weight excluding hydrogens is 601 g/mol. The molecule has 216 valence electrons. The Hall–Kier alpha value is -3.99. The van der Waals surface area contributed by atoms with E-state index in [1.165, 1.54) is 22.0 Å². The van der Waals surface area contributed by atoms with Crippen molar-refractivity contribution in [2.75, 3.05) is 6.61 Å². The summed E-state index contributed by atoms with van der Waals surface area (Å²) < 4.78 is 13.1. The minimum atomic E-state index is -0.725. The highest BCUT2D eigenvalue weighted by Crippen LogP contribution is 2.37. The van der Waals surface area contributed by atoms with Crippen molar-refractivity contribution in [1.82, 2.24) is 4.57 Å². The largest absolute Gasteiger partial charge is 0.463 e. The second-order valence-corrected chi connectivity index (χ2v) is 11.7. The van der Waals surface area contributed by atoms with Gasteiger partial charge < -0.3 is 9.15 Å². The fraction of sp³-hybridized carbons (Fsp3) is 0.233. The van der Waals surface area contributed by atoms with Crippen molar-refractivity contribution >= 4 is 52.3 Å². The Morgan fingerprint density at radius 2 is 1.90 bits per heavy atom. The van der Waals surface area contributed by atoms with Crippen LogP contribution >= 0.6 is 34.5 Å². The molecule has 2 aromatic heterocycles. The molecule has 0 bridgehead atoms. The predicted molar refractivity (Wildman–Crippen MR) is 162 cm³/mol. The lowest BCUT2D eigenvalue weighted by Gasteiger charge is -2.25. The van der Waals surface area contributed by atoms with Crippen LogP contribution in [0.2, 0.25) is 10.0 Å². The Kier molecular flexibility index (Phi) is 8.23. The van der Waals surface area contributed by atoms with Crippen molar-refractivity contribution in [3.05, 3.63) is 117 Å². The number of fused-ring (bicyclic) bond motifs is 1. The van der Waals surface area contributed by atoms with Crippen molar-refractivity contribution in [2.24, 2.45) is 4.99 Å². The topological polar surface area (TPSA) is 117 Å². The summed E-state index contributed by atoms with van der Waals surface area (Å²) in [6.45, 7) is 7.83. The Bertz CT molecular complexity index is 1940. The molecule has 1 unspecified atom stereocenters. The van der Waals surface area contributed by atoms with Crippen molar-refractivity contribution in [3.63, 3.8) is 0 Å². The highest BCUT2D eigenvalue weighted by Gasteiger charge is 2.33. The number of hydrogen-bond donors (Lipinski definition) is 0. The first-order valence-corrected chi connectivity index (χ1v) is 14.6. The lowest BCUT2D eigenvalue weighted by Crippen LogP contribution is -2.39. The number of allylic oxidation sites excluding steroid dienone is 1. The average Bonchev–Trinajstić information content (AvgIpc) is 3.53. The van der Waals surface area contributed by atoms with Crippen LogP contribution in [0.15, 0.2) is 74.0 Å². The van der Waals surface area contributed by atoms with E-state index in [0.29, 0.717) is 43.6 Å². The number of ether oxygens (including phenoxy) is 1. The predicted octanol–water partition coefficient (Wildman–Crippen LogP) is 6.40. The molecule has 1 aliphatic rings. The Labute approximate surface area is 254 Å². The van der Waals surface area contributed by atoms with Crippen LogP contribution in [0.25, 0.3) is 17.4 Å². The zero-order valence-corrected chi connectivity index (χ0v) is 25.3. The summed E-state index contributed by atoms with van der Waals surface area (Å²) in [6.07, 6.45) is 1.58. The molecule has 0 spiro atoms. The van der Waals surface area contributed by atoms with Crippen LogP contribution in [0.4, 0.5) is 5.69 Å². The minimum absolute atomic E-state index is 0.0835. The van der Waals surface area contributed by atoms with Gasteiger partial charge in [0.15, 0.2) is 4.80 Å². The van der Waals surface area contributed by atoms with Crippen LogP contribution in [-0.4, -0.2) is 22.1 Å². The van der Waals surface area contributed by atoms with Crippen molar-refractivity contribution in [2.45, 2.75) is 39.7 Å². The zero-order chi connectivity index (χ0) is 30.3. The van der Waals surface area contributed by atoms with Crippen LogP contribution in [0.5, 0.6) is 0 Å². The first-order chi connectivity index (χ1) is 20.0. The maximum Gasteiger partial charge on any atom is 0.338 e. The second-order valence-electron chi connectivity index (χ2n) is 9.87. The van der Waals surface area contributed by atoms with Crippen molar-refractivity contribution < 1.29 is 18.9 Å². The van der Waals surface area contributed by atoms with Crippen molar-refractivity contribution in [1.29, 1.82) is 0 Å². The fourth-order valence-corrected chi connectivity index (χ4v) is 6.25. The number of nitro groups is 1. The summed E-state index contributed by atoms with van der Waals surface area (Å²) in [5.41, 5.74) is 2.38. The van der Waals surface area contributed by atoms with Gasteiger partial charge in [-0.15, -0.1) is 0 Å². The van der Waals surface area contributed by atoms with Gasteiger partial charge in [-0.05, 0) is 49.1 Å². The number of aromatic nitrogens is 1. The molecule has 5 rings (SSSR count). The molecule has 2 aromatic carbocycles. The van der Waals surface area contributed by atoms with Crippen molar-refractivity contribution in [3.8, 4) is 11.3 Å². The quantitative estimate of drug-likeness (QED) is 0.133. The van der Waals surface area contributed by atoms with Crippen LogP contribution in [0.3, 0.4) is 0 Å². The Balaban J connectivity index is 1.61. The maximum atomic E-state index is 13.8. The summed E-state index contributed by atoms with van der Waals surface area (Å²) in [5, 5.41) is 11.2. The summed E-state index contributed by atoms with van der Waals surface area (Å²) in [5.74, 6) is 0.456. The number of carbonyl (C=O) groups is 1. The van der Waals surface area contributed by atoms with Crippen LogP contribution in [0.1, 0.15) is 56.5 Å². The monoisotopic (exact) mass is 625 g/mol. The molecule has 0 saturated heterocycles. The van der Waals surface area contributed by atoms with E-state index in [1.807, 2.05) is 24.3 Å². The van der Waals surface area contributed by atoms with Gasteiger partial charge in [-0.2, -0.15) is 0 Å². The van der Waals surface area contributed by atoms with Gasteiger partial charge in [-0.1, -0.05) is 72.7 Å². The summed E-state index contributed by atoms with van der Waals surface area (Å²) in [4.78, 5) is 42.5. The molecule has 12 heteroatoms. The van der Waals surface area contributed by atoms with Gasteiger partial charge in [0.25, 0.3) is 11.2 Å². The molecule has 1 atom stereocenters. The number of nitro benzene ring substituents is 1. The smallest absolute Gasteiger partial charge is 0.338 e. The fourth-order valence-electron chi connectivity index (χ4n) is 4.74. The third kappa shape index (κ3) is 5.45. The number of esters is 1. The third-order valence-corrected chi connectivity index (χ3v) is 8.43. The third-order valence-electron chi connectivity index (χ3n) is 6.83. The lowest BCUT2D eigenvalue weighted by atomic mass is 9.93. The van der Waals surface area contributed by atoms with E-state index in [1.54, 1.807) is 32.1 Å². The molecule has 0 amide bonds. The second kappa shape index (κ2) is 11.7. The molecule has 3 heterocycles. The molecule has 1 aliphatic heterocycles. The summed E-state index contributed by atoms with van der Waals surface area (Å²) in [7, 11) is 0. The molecule has 0 aliphatic carbocycles. The zero-order valence-electron chi connectivity index (χ0n) is 23.0. The van der Waals surface area contributed by atoms with E-state index in [0.717, 1.165) is 17.2 Å². The number of thiazole rings is 1. The Morgan fingerprint density at radius 3 is 2.55 bits per heavy atom. The van der Waals surface area contributed by atoms with Gasteiger partial charge >= 0.3 is 5.97 Å². The summed E-state index contributed by atoms with van der Waals surface area (Å²) in [6, 6.07) is 12.9. The first kappa shape index (κ1) is 29.5. The van der Waals surface area contributed by atoms with Gasteiger partial charge in [0.1, 0.15) is 16.5 Å². The molecule has 0 N–H and O–H groups in total. The van der Waals surface area contributed by atoms with E-state index in [4.69, 9.17) is 32.4 Å². The lowest BCUT2D eigenvalue weighted by molar-refractivity contribution is -0.384. The SMILES string of the molecule is CCOC(=O)C1=C(C)N=c2s/c(=C/c3ccc(-c4cc(Cl)c([N+](=O)[O-])cc4Cl)o3)c(=O)n2C1c1ccc(C(C)C)cc1. The first-order valence-electron chi connectivity index (χ1n) is 13.0. The number of carbonyl (C=O) groups excluding carboxylic acids is 1. The number of hydrogen-bond acceptors (Lipinski definition) is 8. The average molecular weight is 627 g/mol. The molecule has 9 nitrogen and oxygen atoms in total. The van der Waals surface area contributed by atoms with Gasteiger partial charge in [0, 0.05) is 17.7 Å². The van der Waals surface area contributed by atoms with Crippen LogP contribution in [-0.2, 0) is 9.53 Å². The van der Waals surface area contributed by atoms with E-state index in [-0.39, 0.29) is 27.9 Å². The van der Waals surface area contributed by atoms with Gasteiger partial charge in [0.05, 0.1) is 38.4 Å². The number of halogens is 2. The normalized spacial score (nSPS) is 15.1. The van der Waals surface area contributed by atoms with Crippen LogP contribution < -0.4 is 14.9 Å². The van der Waals surface area contributed by atoms with E-state index in [9.17, 15) is 19.7 Å². The van der Waals surface area contributed by atoms with Gasteiger partial charge in [-0.3, -0.25) is 19.5 Å². The number of nitrogens with zero attached hydrogens (tertiary/aromatic N) is 3. The number of benzene rings is 2. The number of rotatable bonds is 7. The summed E-state index contributed by atoms with van der Waals surface area (Å²) >= 11 is 13.5. The molecule has 42 heavy (non-hydrogen) atoms. The standard InChI is InChI=1S/C30H25Cl2N3O6S/c1-5-40-29(37)26-16(4)33-30-34(27(26)18-8-6-17(7-9-18)15(2)3)28(36)25(42-30)12-19-10-11-24(41-19)20-13-22(32)23(35(38)39)14-21(20)31/h6-15,27H,5H2,1-4H3/b25-12+. The molecule has 0 fully saturated rings. The molecule has 4 aromatic rings. The highest BCUT2D eigenvalue weighted by atomic mass is 35.5. The molecule has 0 radical (unpaired) electrons. The van der Waals surface area contributed by atoms with E-state index >= 15 is 0 Å². The number of furan rings is 1. The van der Waals surface area contributed by atoms with Crippen LogP contribution in [0, 0.1) is 10.1 Å². The van der Waals surface area contributed by atoms with E-state index in [2.05, 4.69) is 18.8 Å². The van der Waals surface area contributed by atoms with E-state index < -0.39 is 16.9 Å². The maximum absolute atomic E-state index is 13.8. The molecular formula is C30H25Cl2N3O6S. The minimum Gasteiger partial charge on any atom is -0.463 e. The highest BCUT2D eigenvalue weighted by molar-refractivity contribution is 7.07. The van der Waals surface area contributed by atoms with Gasteiger partial charge in [-0.25, -0.2) is 9.79 Å². The Morgan fingerprint density at radius 1 is 1.19 bits per heavy atom. The molecule has 0 saturated carbocycles.